The van der Waals surface area contributed by atoms with E-state index in [1.54, 1.807) is 0 Å². The summed E-state index contributed by atoms with van der Waals surface area (Å²) in [5.74, 6) is -0.734. The van der Waals surface area contributed by atoms with Gasteiger partial charge in [0.15, 0.2) is 0 Å². The maximum Gasteiger partial charge on any atom is 0.305 e. The molecule has 1 saturated carbocycles. The Kier molecular flexibility index (Phi) is 3.83. The second-order valence-corrected chi connectivity index (χ2v) is 6.21. The first-order valence-corrected chi connectivity index (χ1v) is 6.89. The quantitative estimate of drug-likeness (QED) is 0.859. The molecule has 0 atom stereocenters. The number of nitrogens with one attached hydrogen (secondary N) is 1. The molecular weight excluding hydrogens is 258 g/mol. The topological polar surface area (TPSA) is 84.2 Å². The van der Waals surface area contributed by atoms with Crippen LogP contribution < -0.4 is 5.32 Å². The molecule has 6 heteroatoms. The van der Waals surface area contributed by atoms with Gasteiger partial charge >= 0.3 is 5.97 Å². The van der Waals surface area contributed by atoms with Crippen LogP contribution in [0.1, 0.15) is 62.1 Å². The Morgan fingerprint density at radius 2 is 2.10 bits per heavy atom. The zero-order valence-corrected chi connectivity index (χ0v) is 12.1. The van der Waals surface area contributed by atoms with Gasteiger partial charge in [-0.15, -0.1) is 0 Å². The Hall–Kier alpha value is -1.85. The molecule has 1 aliphatic rings. The average molecular weight is 279 g/mol. The molecular formula is C14H21N3O3. The molecule has 1 amide bonds. The van der Waals surface area contributed by atoms with E-state index in [4.69, 9.17) is 5.11 Å². The fourth-order valence-corrected chi connectivity index (χ4v) is 2.09. The van der Waals surface area contributed by atoms with Crippen molar-refractivity contribution in [2.24, 2.45) is 0 Å². The van der Waals surface area contributed by atoms with Gasteiger partial charge in [0.25, 0.3) is 5.91 Å². The van der Waals surface area contributed by atoms with E-state index in [2.05, 4.69) is 31.2 Å². The molecule has 0 bridgehead atoms. The lowest BCUT2D eigenvalue weighted by Gasteiger charge is -2.22. The first-order valence-electron chi connectivity index (χ1n) is 6.89. The van der Waals surface area contributed by atoms with Gasteiger partial charge in [0, 0.05) is 18.2 Å². The van der Waals surface area contributed by atoms with Crippen LogP contribution in [0.5, 0.6) is 0 Å². The number of hydrogen-bond donors (Lipinski definition) is 2. The van der Waals surface area contributed by atoms with Gasteiger partial charge in [-0.05, 0) is 39.7 Å². The average Bonchev–Trinajstić information content (AvgIpc) is 3.05. The van der Waals surface area contributed by atoms with Crippen LogP contribution >= 0.6 is 0 Å². The van der Waals surface area contributed by atoms with Crippen molar-refractivity contribution in [3.63, 3.8) is 0 Å². The van der Waals surface area contributed by atoms with E-state index in [1.165, 1.54) is 0 Å². The van der Waals surface area contributed by atoms with Crippen LogP contribution in [0, 0.1) is 0 Å². The summed E-state index contributed by atoms with van der Waals surface area (Å²) >= 11 is 0. The van der Waals surface area contributed by atoms with E-state index in [-0.39, 0.29) is 24.4 Å². The molecule has 1 aromatic rings. The smallest absolute Gasteiger partial charge is 0.305 e. The Morgan fingerprint density at radius 3 is 2.60 bits per heavy atom. The van der Waals surface area contributed by atoms with Crippen molar-refractivity contribution in [3.05, 3.63) is 17.5 Å². The first-order chi connectivity index (χ1) is 9.29. The predicted molar refractivity (Wildman–Crippen MR) is 73.8 cm³/mol. The summed E-state index contributed by atoms with van der Waals surface area (Å²) in [6.45, 7) is 6.28. The lowest BCUT2D eigenvalue weighted by atomic mass is 10.1. The second-order valence-electron chi connectivity index (χ2n) is 6.21. The molecule has 0 aromatic carbocycles. The molecule has 6 nitrogen and oxygen atoms in total. The van der Waals surface area contributed by atoms with Crippen LogP contribution in [-0.2, 0) is 10.3 Å². The first kappa shape index (κ1) is 14.6. The van der Waals surface area contributed by atoms with Crippen molar-refractivity contribution in [2.45, 2.75) is 51.5 Å². The lowest BCUT2D eigenvalue weighted by molar-refractivity contribution is -0.136. The normalized spacial score (nSPS) is 15.2. The van der Waals surface area contributed by atoms with E-state index in [1.807, 2.05) is 10.7 Å². The third-order valence-corrected chi connectivity index (χ3v) is 3.23. The summed E-state index contributed by atoms with van der Waals surface area (Å²) in [5.41, 5.74) is 1.30. The number of carboxylic acids is 1. The summed E-state index contributed by atoms with van der Waals surface area (Å²) in [7, 11) is 0. The molecule has 110 valence electrons. The van der Waals surface area contributed by atoms with E-state index < -0.39 is 5.97 Å². The molecule has 0 unspecified atom stereocenters. The van der Waals surface area contributed by atoms with Gasteiger partial charge in [-0.3, -0.25) is 14.3 Å². The maximum absolute atomic E-state index is 12.0. The largest absolute Gasteiger partial charge is 0.481 e. The number of carbonyl (C=O) groups excluding carboxylic acids is 1. The predicted octanol–water partition coefficient (Wildman–Crippen LogP) is 1.72. The van der Waals surface area contributed by atoms with Crippen LogP contribution in [0.15, 0.2) is 6.07 Å². The summed E-state index contributed by atoms with van der Waals surface area (Å²) in [5, 5.41) is 15.5. The van der Waals surface area contributed by atoms with Crippen molar-refractivity contribution >= 4 is 11.9 Å². The highest BCUT2D eigenvalue weighted by Gasteiger charge is 2.32. The highest BCUT2D eigenvalue weighted by Crippen LogP contribution is 2.41. The molecule has 2 rings (SSSR count). The maximum atomic E-state index is 12.0. The molecule has 0 spiro atoms. The Labute approximate surface area is 118 Å². The van der Waals surface area contributed by atoms with E-state index in [0.29, 0.717) is 11.6 Å². The van der Waals surface area contributed by atoms with Crippen LogP contribution in [0.25, 0.3) is 0 Å². The van der Waals surface area contributed by atoms with E-state index in [0.717, 1.165) is 18.5 Å². The number of nitrogens with zero attached hydrogens (tertiary/aromatic N) is 2. The number of hydrogen-bond acceptors (Lipinski definition) is 3. The molecule has 1 fully saturated rings. The lowest BCUT2D eigenvalue weighted by Crippen LogP contribution is -2.28. The summed E-state index contributed by atoms with van der Waals surface area (Å²) in [6, 6.07) is 1.83. The monoisotopic (exact) mass is 279 g/mol. The minimum absolute atomic E-state index is 0.0821. The van der Waals surface area contributed by atoms with E-state index in [9.17, 15) is 9.59 Å². The fraction of sp³-hybridized carbons (Fsp3) is 0.643. The molecule has 1 aromatic heterocycles. The number of carboxylic acid groups (broad SMARTS) is 1. The van der Waals surface area contributed by atoms with Gasteiger partial charge in [-0.1, -0.05) is 0 Å². The van der Waals surface area contributed by atoms with Gasteiger partial charge in [0.2, 0.25) is 0 Å². The zero-order valence-electron chi connectivity index (χ0n) is 12.1. The summed E-state index contributed by atoms with van der Waals surface area (Å²) in [6.07, 6.45) is 2.20. The van der Waals surface area contributed by atoms with Crippen LogP contribution in [0.3, 0.4) is 0 Å². The fourth-order valence-electron chi connectivity index (χ4n) is 2.09. The standard InChI is InChI=1S/C14H21N3O3/c1-14(2,3)17-11(9-4-5-9)8-10(16-17)13(20)15-7-6-12(18)19/h8-9H,4-7H2,1-3H3,(H,15,20)(H,18,19). The number of carbonyl (C=O) groups is 2. The molecule has 1 aliphatic carbocycles. The minimum Gasteiger partial charge on any atom is -0.481 e. The third kappa shape index (κ3) is 3.37. The van der Waals surface area contributed by atoms with Gasteiger partial charge in [0.1, 0.15) is 5.69 Å². The Balaban J connectivity index is 2.12. The van der Waals surface area contributed by atoms with Crippen LogP contribution in [-0.4, -0.2) is 33.3 Å². The zero-order chi connectivity index (χ0) is 14.9. The van der Waals surface area contributed by atoms with Crippen molar-refractivity contribution in [2.75, 3.05) is 6.54 Å². The molecule has 0 radical (unpaired) electrons. The van der Waals surface area contributed by atoms with Gasteiger partial charge in [-0.2, -0.15) is 5.10 Å². The number of rotatable bonds is 5. The highest BCUT2D eigenvalue weighted by molar-refractivity contribution is 5.92. The Bertz CT molecular complexity index is 524. The van der Waals surface area contributed by atoms with Gasteiger partial charge in [-0.25, -0.2) is 0 Å². The SMILES string of the molecule is CC(C)(C)n1nc(C(=O)NCCC(=O)O)cc1C1CC1. The van der Waals surface area contributed by atoms with Gasteiger partial charge < -0.3 is 10.4 Å². The molecule has 0 aliphatic heterocycles. The number of aliphatic carboxylic acids is 1. The summed E-state index contributed by atoms with van der Waals surface area (Å²) in [4.78, 5) is 22.4. The van der Waals surface area contributed by atoms with Crippen molar-refractivity contribution in [3.8, 4) is 0 Å². The third-order valence-electron chi connectivity index (χ3n) is 3.23. The molecule has 0 saturated heterocycles. The van der Waals surface area contributed by atoms with Crippen molar-refractivity contribution in [1.29, 1.82) is 0 Å². The second kappa shape index (κ2) is 5.26. The summed E-state index contributed by atoms with van der Waals surface area (Å²) < 4.78 is 1.91. The molecule has 2 N–H and O–H groups in total. The Morgan fingerprint density at radius 1 is 1.45 bits per heavy atom. The molecule has 20 heavy (non-hydrogen) atoms. The number of aromatic nitrogens is 2. The van der Waals surface area contributed by atoms with Crippen molar-refractivity contribution in [1.82, 2.24) is 15.1 Å². The highest BCUT2D eigenvalue weighted by atomic mass is 16.4. The van der Waals surface area contributed by atoms with Crippen LogP contribution in [0.2, 0.25) is 0 Å². The number of amides is 1. The van der Waals surface area contributed by atoms with Gasteiger partial charge in [0.05, 0.1) is 12.0 Å². The minimum atomic E-state index is -0.927. The van der Waals surface area contributed by atoms with Crippen molar-refractivity contribution < 1.29 is 14.7 Å². The van der Waals surface area contributed by atoms with Crippen LogP contribution in [0.4, 0.5) is 0 Å². The van der Waals surface area contributed by atoms with E-state index >= 15 is 0 Å². The molecule has 1 heterocycles.